The van der Waals surface area contributed by atoms with E-state index in [0.717, 1.165) is 0 Å². The molecular formula is C9H11FNOS+. The molecule has 0 spiro atoms. The zero-order chi connectivity index (χ0) is 9.84. The van der Waals surface area contributed by atoms with Crippen molar-refractivity contribution in [1.29, 1.82) is 0 Å². The van der Waals surface area contributed by atoms with E-state index in [1.165, 1.54) is 18.2 Å². The van der Waals surface area contributed by atoms with E-state index in [0.29, 0.717) is 5.56 Å². The predicted octanol–water partition coefficient (Wildman–Crippen LogP) is 1.35. The summed E-state index contributed by atoms with van der Waals surface area (Å²) in [5.74, 6) is -0.618. The molecule has 0 aliphatic rings. The van der Waals surface area contributed by atoms with E-state index in [9.17, 15) is 9.18 Å². The number of benzene rings is 1. The molecule has 70 valence electrons. The third-order valence-electron chi connectivity index (χ3n) is 1.38. The third kappa shape index (κ3) is 3.06. The highest BCUT2D eigenvalue weighted by molar-refractivity contribution is 7.94. The van der Waals surface area contributed by atoms with Crippen LogP contribution in [0.4, 0.5) is 4.39 Å². The SMILES string of the molecule is C[S+](C)NC(=O)c1cccc(F)c1. The molecule has 0 bridgehead atoms. The standard InChI is InChI=1S/C9H10FNOS/c1-13(2)11-9(12)7-4-3-5-8(10)6-7/h3-6H,1-2H3/p+1. The number of hydrogen-bond acceptors (Lipinski definition) is 1. The second kappa shape index (κ2) is 4.28. The first-order valence-corrected chi connectivity index (χ1v) is 5.78. The van der Waals surface area contributed by atoms with Crippen molar-refractivity contribution in [2.45, 2.75) is 0 Å². The fraction of sp³-hybridized carbons (Fsp3) is 0.222. The fourth-order valence-corrected chi connectivity index (χ4v) is 1.36. The van der Waals surface area contributed by atoms with E-state index >= 15 is 0 Å². The zero-order valence-corrected chi connectivity index (χ0v) is 8.32. The molecule has 0 aliphatic heterocycles. The van der Waals surface area contributed by atoms with Gasteiger partial charge in [-0.2, -0.15) is 4.72 Å². The van der Waals surface area contributed by atoms with Gasteiger partial charge in [0.15, 0.2) is 0 Å². The molecule has 0 heterocycles. The monoisotopic (exact) mass is 200 g/mol. The fourth-order valence-electron chi connectivity index (χ4n) is 0.874. The van der Waals surface area contributed by atoms with Crippen LogP contribution in [-0.4, -0.2) is 18.4 Å². The summed E-state index contributed by atoms with van der Waals surface area (Å²) in [6, 6.07) is 5.65. The van der Waals surface area contributed by atoms with Crippen LogP contribution in [0.3, 0.4) is 0 Å². The van der Waals surface area contributed by atoms with Gasteiger partial charge in [-0.1, -0.05) is 6.07 Å². The predicted molar refractivity (Wildman–Crippen MR) is 53.1 cm³/mol. The molecule has 0 saturated carbocycles. The summed E-state index contributed by atoms with van der Waals surface area (Å²) in [5.41, 5.74) is 0.362. The molecule has 1 aromatic carbocycles. The molecule has 0 radical (unpaired) electrons. The minimum atomic E-state index is -0.389. The van der Waals surface area contributed by atoms with Gasteiger partial charge in [0.1, 0.15) is 18.3 Å². The van der Waals surface area contributed by atoms with Crippen molar-refractivity contribution in [3.8, 4) is 0 Å². The molecule has 2 nitrogen and oxygen atoms in total. The van der Waals surface area contributed by atoms with Crippen molar-refractivity contribution in [1.82, 2.24) is 4.72 Å². The first-order valence-electron chi connectivity index (χ1n) is 3.74. The van der Waals surface area contributed by atoms with Gasteiger partial charge in [0, 0.05) is 5.56 Å². The maximum absolute atomic E-state index is 12.7. The first-order chi connectivity index (χ1) is 6.09. The summed E-state index contributed by atoms with van der Waals surface area (Å²) in [5, 5.41) is 0. The minimum Gasteiger partial charge on any atom is -0.265 e. The maximum atomic E-state index is 12.7. The summed E-state index contributed by atoms with van der Waals surface area (Å²) in [6.07, 6.45) is 3.77. The van der Waals surface area contributed by atoms with Gasteiger partial charge in [0.25, 0.3) is 5.91 Å². The molecule has 0 aliphatic carbocycles. The molecule has 1 rings (SSSR count). The van der Waals surface area contributed by atoms with Gasteiger partial charge in [-0.05, 0) is 18.2 Å². The van der Waals surface area contributed by atoms with Crippen molar-refractivity contribution in [2.75, 3.05) is 12.5 Å². The summed E-state index contributed by atoms with van der Waals surface area (Å²) in [4.78, 5) is 11.3. The van der Waals surface area contributed by atoms with Gasteiger partial charge in [0.2, 0.25) is 0 Å². The average molecular weight is 200 g/mol. The molecule has 4 heteroatoms. The number of nitrogens with one attached hydrogen (secondary N) is 1. The number of carbonyl (C=O) groups excluding carboxylic acids is 1. The summed E-state index contributed by atoms with van der Waals surface area (Å²) < 4.78 is 15.4. The molecule has 1 N–H and O–H groups in total. The van der Waals surface area contributed by atoms with Gasteiger partial charge in [-0.25, -0.2) is 4.39 Å². The largest absolute Gasteiger partial charge is 0.292 e. The Hall–Kier alpha value is -1.03. The molecule has 0 atom stereocenters. The van der Waals surface area contributed by atoms with Crippen LogP contribution in [0.1, 0.15) is 10.4 Å². The molecule has 13 heavy (non-hydrogen) atoms. The molecule has 0 saturated heterocycles. The van der Waals surface area contributed by atoms with Crippen molar-refractivity contribution < 1.29 is 9.18 Å². The van der Waals surface area contributed by atoms with Crippen LogP contribution in [0.5, 0.6) is 0 Å². The van der Waals surface area contributed by atoms with Crippen molar-refractivity contribution in [3.05, 3.63) is 35.6 Å². The number of carbonyl (C=O) groups is 1. The van der Waals surface area contributed by atoms with Crippen LogP contribution < -0.4 is 4.72 Å². The molecule has 0 unspecified atom stereocenters. The van der Waals surface area contributed by atoms with Gasteiger partial charge < -0.3 is 0 Å². The van der Waals surface area contributed by atoms with E-state index in [1.54, 1.807) is 6.07 Å². The number of amides is 1. The Morgan fingerprint density at radius 3 is 2.69 bits per heavy atom. The summed E-state index contributed by atoms with van der Waals surface area (Å²) in [7, 11) is 0. The molecule has 0 fully saturated rings. The Bertz CT molecular complexity index is 314. The normalized spacial score (nSPS) is 10.2. The summed E-state index contributed by atoms with van der Waals surface area (Å²) >= 11 is -0.175. The topological polar surface area (TPSA) is 29.1 Å². The third-order valence-corrected chi connectivity index (χ3v) is 1.98. The van der Waals surface area contributed by atoms with Crippen molar-refractivity contribution >= 4 is 17.0 Å². The van der Waals surface area contributed by atoms with Gasteiger partial charge in [-0.15, -0.1) is 0 Å². The van der Waals surface area contributed by atoms with E-state index in [1.807, 2.05) is 12.5 Å². The molecule has 1 aromatic rings. The van der Waals surface area contributed by atoms with Crippen LogP contribution >= 0.6 is 0 Å². The second-order valence-corrected chi connectivity index (χ2v) is 4.60. The second-order valence-electron chi connectivity index (χ2n) is 2.76. The lowest BCUT2D eigenvalue weighted by Crippen LogP contribution is -2.28. The Kier molecular flexibility index (Phi) is 3.31. The van der Waals surface area contributed by atoms with Gasteiger partial charge in [0.05, 0.1) is 11.1 Å². The van der Waals surface area contributed by atoms with Crippen LogP contribution in [0.25, 0.3) is 0 Å². The van der Waals surface area contributed by atoms with Gasteiger partial charge >= 0.3 is 0 Å². The Morgan fingerprint density at radius 2 is 2.15 bits per heavy atom. The minimum absolute atomic E-state index is 0.175. The Labute approximate surface area is 79.6 Å². The number of rotatable bonds is 2. The van der Waals surface area contributed by atoms with E-state index in [2.05, 4.69) is 4.72 Å². The van der Waals surface area contributed by atoms with Crippen molar-refractivity contribution in [2.24, 2.45) is 0 Å². The first kappa shape index (κ1) is 10.1. The van der Waals surface area contributed by atoms with Crippen LogP contribution in [-0.2, 0) is 11.1 Å². The van der Waals surface area contributed by atoms with E-state index in [-0.39, 0.29) is 22.8 Å². The highest BCUT2D eigenvalue weighted by Gasteiger charge is 2.11. The summed E-state index contributed by atoms with van der Waals surface area (Å²) in [6.45, 7) is 0. The quantitative estimate of drug-likeness (QED) is 0.717. The molecule has 1 amide bonds. The molecule has 0 aromatic heterocycles. The van der Waals surface area contributed by atoms with Crippen molar-refractivity contribution in [3.63, 3.8) is 0 Å². The Balaban J connectivity index is 2.77. The van der Waals surface area contributed by atoms with Crippen LogP contribution in [0, 0.1) is 5.82 Å². The lowest BCUT2D eigenvalue weighted by molar-refractivity contribution is 0.0983. The highest BCUT2D eigenvalue weighted by Crippen LogP contribution is 2.03. The number of halogens is 1. The average Bonchev–Trinajstić information content (AvgIpc) is 2.03. The van der Waals surface area contributed by atoms with E-state index in [4.69, 9.17) is 0 Å². The maximum Gasteiger partial charge on any atom is 0.292 e. The number of hydrogen-bond donors (Lipinski definition) is 1. The van der Waals surface area contributed by atoms with Crippen LogP contribution in [0.15, 0.2) is 24.3 Å². The highest BCUT2D eigenvalue weighted by atomic mass is 32.2. The molecular weight excluding hydrogens is 189 g/mol. The smallest absolute Gasteiger partial charge is 0.265 e. The lowest BCUT2D eigenvalue weighted by atomic mass is 10.2. The Morgan fingerprint density at radius 1 is 1.46 bits per heavy atom. The lowest BCUT2D eigenvalue weighted by Gasteiger charge is -2.00. The zero-order valence-electron chi connectivity index (χ0n) is 7.50. The van der Waals surface area contributed by atoms with Crippen LogP contribution in [0.2, 0.25) is 0 Å². The van der Waals surface area contributed by atoms with E-state index < -0.39 is 0 Å². The van der Waals surface area contributed by atoms with Gasteiger partial charge in [-0.3, -0.25) is 4.79 Å².